The Morgan fingerprint density at radius 2 is 1.94 bits per heavy atom. The molecule has 0 radical (unpaired) electrons. The Kier molecular flexibility index (Phi) is 5.49. The fraction of sp³-hybridized carbons (Fsp3) is 0.292. The maximum absolute atomic E-state index is 9.46. The summed E-state index contributed by atoms with van der Waals surface area (Å²) in [6.45, 7) is 2.19. The van der Waals surface area contributed by atoms with Gasteiger partial charge in [-0.15, -0.1) is 5.10 Å². The van der Waals surface area contributed by atoms with E-state index < -0.39 is 0 Å². The normalized spacial score (nSPS) is 16.9. The van der Waals surface area contributed by atoms with E-state index in [1.54, 1.807) is 0 Å². The number of aromatic amines is 1. The molecule has 5 rings (SSSR count). The van der Waals surface area contributed by atoms with Crippen LogP contribution in [0.5, 0.6) is 0 Å². The van der Waals surface area contributed by atoms with Crippen LogP contribution in [-0.4, -0.2) is 41.1 Å². The first-order valence-corrected chi connectivity index (χ1v) is 11.0. The molecule has 1 unspecified atom stereocenters. The molecule has 1 aliphatic rings. The largest absolute Gasteiger partial charge is 0.411 e. The number of nitrogens with one attached hydrogen (secondary N) is 1. The van der Waals surface area contributed by atoms with Crippen molar-refractivity contribution >= 4 is 5.71 Å². The second-order valence-electron chi connectivity index (χ2n) is 8.07. The Bertz CT molecular complexity index is 1230. The van der Waals surface area contributed by atoms with E-state index in [1.807, 2.05) is 24.4 Å². The van der Waals surface area contributed by atoms with E-state index in [0.29, 0.717) is 18.0 Å². The lowest BCUT2D eigenvalue weighted by molar-refractivity contribution is 0.315. The quantitative estimate of drug-likeness (QED) is 0.345. The van der Waals surface area contributed by atoms with Crippen LogP contribution in [0.15, 0.2) is 59.9 Å². The van der Waals surface area contributed by atoms with Gasteiger partial charge in [0.25, 0.3) is 0 Å². The molecule has 8 nitrogen and oxygen atoms in total. The van der Waals surface area contributed by atoms with E-state index in [0.717, 1.165) is 48.2 Å². The molecule has 0 fully saturated rings. The fourth-order valence-corrected chi connectivity index (χ4v) is 4.52. The van der Waals surface area contributed by atoms with E-state index in [-0.39, 0.29) is 6.04 Å². The third-order valence-electron chi connectivity index (χ3n) is 6.14. The number of fused-ring (bicyclic) bond motifs is 1. The number of nitrogens with zero attached hydrogens (tertiary/aromatic N) is 6. The number of benzene rings is 2. The van der Waals surface area contributed by atoms with Gasteiger partial charge in [0, 0.05) is 17.5 Å². The van der Waals surface area contributed by atoms with E-state index in [9.17, 15) is 5.21 Å². The van der Waals surface area contributed by atoms with Gasteiger partial charge in [0.15, 0.2) is 11.6 Å². The number of rotatable bonds is 6. The predicted molar refractivity (Wildman–Crippen MR) is 122 cm³/mol. The summed E-state index contributed by atoms with van der Waals surface area (Å²) in [6.07, 6.45) is 6.71. The average molecular weight is 428 g/mol. The average Bonchev–Trinajstić information content (AvgIpc) is 3.53. The minimum atomic E-state index is 0.174. The maximum Gasteiger partial charge on any atom is 0.180 e. The van der Waals surface area contributed by atoms with Gasteiger partial charge in [-0.1, -0.05) is 67.0 Å². The lowest BCUT2D eigenvalue weighted by Crippen LogP contribution is -2.25. The van der Waals surface area contributed by atoms with Crippen molar-refractivity contribution in [3.63, 3.8) is 0 Å². The van der Waals surface area contributed by atoms with Gasteiger partial charge in [-0.05, 0) is 52.8 Å². The SMILES string of the molecule is CCCCc1cnc2n1C(c1ccc(-c3ccccc3-c3nnn[nH]3)cc1)CCC2=NO. The summed E-state index contributed by atoms with van der Waals surface area (Å²) in [7, 11) is 0. The van der Waals surface area contributed by atoms with Crippen LogP contribution in [0.4, 0.5) is 0 Å². The van der Waals surface area contributed by atoms with Crippen molar-refractivity contribution in [2.24, 2.45) is 5.16 Å². The summed E-state index contributed by atoms with van der Waals surface area (Å²) < 4.78 is 2.26. The maximum atomic E-state index is 9.46. The molecular weight excluding hydrogens is 402 g/mol. The molecule has 32 heavy (non-hydrogen) atoms. The molecular formula is C24H25N7O. The Morgan fingerprint density at radius 3 is 2.66 bits per heavy atom. The molecule has 2 aromatic carbocycles. The Balaban J connectivity index is 1.50. The van der Waals surface area contributed by atoms with Gasteiger partial charge in [-0.2, -0.15) is 0 Å². The second-order valence-corrected chi connectivity index (χ2v) is 8.07. The zero-order valence-corrected chi connectivity index (χ0v) is 17.9. The van der Waals surface area contributed by atoms with Crippen LogP contribution in [0, 0.1) is 0 Å². The van der Waals surface area contributed by atoms with Crippen molar-refractivity contribution in [2.75, 3.05) is 0 Å². The second kappa shape index (κ2) is 8.74. The molecule has 4 aromatic rings. The molecule has 1 aliphatic heterocycles. The molecule has 0 aliphatic carbocycles. The van der Waals surface area contributed by atoms with Gasteiger partial charge in [-0.25, -0.2) is 10.1 Å². The molecule has 2 aromatic heterocycles. The first-order chi connectivity index (χ1) is 15.8. The zero-order valence-electron chi connectivity index (χ0n) is 17.9. The monoisotopic (exact) mass is 427 g/mol. The minimum Gasteiger partial charge on any atom is -0.411 e. The third-order valence-corrected chi connectivity index (χ3v) is 6.14. The van der Waals surface area contributed by atoms with Gasteiger partial charge in [0.1, 0.15) is 5.71 Å². The number of hydrogen-bond donors (Lipinski definition) is 2. The van der Waals surface area contributed by atoms with E-state index >= 15 is 0 Å². The highest BCUT2D eigenvalue weighted by molar-refractivity contribution is 5.98. The van der Waals surface area contributed by atoms with Gasteiger partial charge in [0.2, 0.25) is 0 Å². The Hall–Kier alpha value is -3.81. The lowest BCUT2D eigenvalue weighted by atomic mass is 9.93. The van der Waals surface area contributed by atoms with Crippen LogP contribution in [0.25, 0.3) is 22.5 Å². The molecule has 8 heteroatoms. The smallest absolute Gasteiger partial charge is 0.180 e. The molecule has 1 atom stereocenters. The van der Waals surface area contributed by atoms with E-state index in [2.05, 4.69) is 72.6 Å². The Morgan fingerprint density at radius 1 is 1.12 bits per heavy atom. The molecule has 0 saturated carbocycles. The summed E-state index contributed by atoms with van der Waals surface area (Å²) in [5.41, 5.74) is 6.22. The molecule has 0 bridgehead atoms. The number of hydrogen-bond acceptors (Lipinski definition) is 6. The van der Waals surface area contributed by atoms with Gasteiger partial charge >= 0.3 is 0 Å². The summed E-state index contributed by atoms with van der Waals surface area (Å²) >= 11 is 0. The highest BCUT2D eigenvalue weighted by Gasteiger charge is 2.29. The number of oxime groups is 1. The van der Waals surface area contributed by atoms with Crippen LogP contribution < -0.4 is 0 Å². The van der Waals surface area contributed by atoms with E-state index in [1.165, 1.54) is 11.3 Å². The first-order valence-electron chi connectivity index (χ1n) is 11.0. The van der Waals surface area contributed by atoms with Crippen LogP contribution in [0.1, 0.15) is 55.7 Å². The van der Waals surface area contributed by atoms with Crippen LogP contribution in [0.3, 0.4) is 0 Å². The number of aromatic nitrogens is 6. The number of tetrazole rings is 1. The molecule has 162 valence electrons. The van der Waals surface area contributed by atoms with Crippen molar-refractivity contribution in [1.29, 1.82) is 0 Å². The molecule has 0 amide bonds. The molecule has 2 N–H and O–H groups in total. The van der Waals surface area contributed by atoms with Gasteiger partial charge in [-0.3, -0.25) is 0 Å². The number of imidazole rings is 1. The number of aryl methyl sites for hydroxylation is 1. The summed E-state index contributed by atoms with van der Waals surface area (Å²) in [4.78, 5) is 4.59. The Labute approximate surface area is 186 Å². The zero-order chi connectivity index (χ0) is 21.9. The minimum absolute atomic E-state index is 0.174. The van der Waals surface area contributed by atoms with Crippen molar-refractivity contribution in [3.8, 4) is 22.5 Å². The van der Waals surface area contributed by atoms with Crippen LogP contribution >= 0.6 is 0 Å². The van der Waals surface area contributed by atoms with E-state index in [4.69, 9.17) is 0 Å². The fourth-order valence-electron chi connectivity index (χ4n) is 4.52. The molecule has 3 heterocycles. The van der Waals surface area contributed by atoms with Crippen molar-refractivity contribution in [1.82, 2.24) is 30.2 Å². The standard InChI is InChI=1S/C24H25N7O/c1-2-3-6-18-15-25-24-21(28-32)13-14-22(31(18)24)17-11-9-16(10-12-17)19-7-4-5-8-20(19)23-26-29-30-27-23/h4-5,7-12,15,22,32H,2-3,6,13-14H2,1H3,(H,26,27,29,30). The summed E-state index contributed by atoms with van der Waals surface area (Å²) in [5.74, 6) is 1.43. The first kappa shape index (κ1) is 20.1. The highest BCUT2D eigenvalue weighted by Crippen LogP contribution is 2.35. The number of unbranched alkanes of at least 4 members (excludes halogenated alkanes) is 1. The van der Waals surface area contributed by atoms with Crippen LogP contribution in [-0.2, 0) is 6.42 Å². The van der Waals surface area contributed by atoms with Crippen molar-refractivity contribution < 1.29 is 5.21 Å². The highest BCUT2D eigenvalue weighted by atomic mass is 16.4. The third kappa shape index (κ3) is 3.57. The van der Waals surface area contributed by atoms with Crippen LogP contribution in [0.2, 0.25) is 0 Å². The number of H-pyrrole nitrogens is 1. The molecule has 0 spiro atoms. The predicted octanol–water partition coefficient (Wildman–Crippen LogP) is 4.63. The van der Waals surface area contributed by atoms with Crippen molar-refractivity contribution in [2.45, 2.75) is 45.1 Å². The summed E-state index contributed by atoms with van der Waals surface area (Å²) in [6, 6.07) is 16.9. The molecule has 0 saturated heterocycles. The lowest BCUT2D eigenvalue weighted by Gasteiger charge is -2.28. The van der Waals surface area contributed by atoms with Gasteiger partial charge in [0.05, 0.1) is 6.04 Å². The summed E-state index contributed by atoms with van der Waals surface area (Å²) in [5, 5.41) is 27.3. The van der Waals surface area contributed by atoms with Crippen molar-refractivity contribution in [3.05, 3.63) is 71.8 Å². The van der Waals surface area contributed by atoms with Gasteiger partial charge < -0.3 is 9.77 Å². The topological polar surface area (TPSA) is 105 Å².